The van der Waals surface area contributed by atoms with Gasteiger partial charge in [-0.05, 0) is 31.2 Å². The maximum Gasteiger partial charge on any atom is 0.325 e. The van der Waals surface area contributed by atoms with Crippen LogP contribution >= 0.6 is 0 Å². The van der Waals surface area contributed by atoms with Crippen molar-refractivity contribution in [3.8, 4) is 0 Å². The Balaban J connectivity index is 2.55. The molecule has 0 amide bonds. The van der Waals surface area contributed by atoms with Gasteiger partial charge in [0.2, 0.25) is 10.0 Å². The van der Waals surface area contributed by atoms with Crippen LogP contribution in [0.1, 0.15) is 5.69 Å². The Kier molecular flexibility index (Phi) is 4.86. The maximum absolute atomic E-state index is 12.3. The largest absolute Gasteiger partial charge is 0.468 e. The predicted octanol–water partition coefficient (Wildman–Crippen LogP) is 1.38. The van der Waals surface area contributed by atoms with Gasteiger partial charge in [0.05, 0.1) is 17.5 Å². The number of anilines is 1. The van der Waals surface area contributed by atoms with Gasteiger partial charge in [0.15, 0.2) is 0 Å². The van der Waals surface area contributed by atoms with Gasteiger partial charge in [0.25, 0.3) is 0 Å². The zero-order valence-electron chi connectivity index (χ0n) is 13.5. The second-order valence-corrected chi connectivity index (χ2v) is 7.36. The van der Waals surface area contributed by atoms with Gasteiger partial charge in [-0.15, -0.1) is 0 Å². The second-order valence-electron chi connectivity index (χ2n) is 5.21. The number of nitrogens with zero attached hydrogens (tertiary/aromatic N) is 2. The summed E-state index contributed by atoms with van der Waals surface area (Å²) >= 11 is 0. The summed E-state index contributed by atoms with van der Waals surface area (Å²) in [7, 11) is 0.713. The monoisotopic (exact) mass is 337 g/mol. The summed E-state index contributed by atoms with van der Waals surface area (Å²) in [5.74, 6) is -0.412. The summed E-state index contributed by atoms with van der Waals surface area (Å²) in [6.07, 6.45) is 0. The number of aryl methyl sites for hydroxylation is 1. The Morgan fingerprint density at radius 1 is 1.30 bits per heavy atom. The van der Waals surface area contributed by atoms with Crippen molar-refractivity contribution in [3.63, 3.8) is 0 Å². The molecule has 1 N–H and O–H groups in total. The highest BCUT2D eigenvalue weighted by molar-refractivity contribution is 7.89. The van der Waals surface area contributed by atoms with Crippen LogP contribution in [0.25, 0.3) is 10.9 Å². The molecule has 1 aromatic heterocycles. The number of hydrogen-bond donors (Lipinski definition) is 1. The number of carbonyl (C=O) groups excluding carboxylic acids is 1. The van der Waals surface area contributed by atoms with E-state index in [-0.39, 0.29) is 11.4 Å². The number of carbonyl (C=O) groups is 1. The fourth-order valence-corrected chi connectivity index (χ4v) is 3.02. The average Bonchev–Trinajstić information content (AvgIpc) is 2.51. The third-order valence-electron chi connectivity index (χ3n) is 3.34. The van der Waals surface area contributed by atoms with Gasteiger partial charge in [-0.3, -0.25) is 9.78 Å². The number of ether oxygens (including phenoxy) is 1. The molecule has 0 bridgehead atoms. The van der Waals surface area contributed by atoms with Crippen LogP contribution in [0.15, 0.2) is 29.2 Å². The van der Waals surface area contributed by atoms with Crippen LogP contribution in [-0.4, -0.2) is 51.4 Å². The summed E-state index contributed by atoms with van der Waals surface area (Å²) in [5, 5.41) is 3.59. The number of methoxy groups -OCH3 is 1. The molecule has 1 aromatic carbocycles. The van der Waals surface area contributed by atoms with Crippen LogP contribution in [0.4, 0.5) is 5.69 Å². The van der Waals surface area contributed by atoms with E-state index in [2.05, 4.69) is 15.0 Å². The lowest BCUT2D eigenvalue weighted by Crippen LogP contribution is -2.22. The van der Waals surface area contributed by atoms with Crippen molar-refractivity contribution in [2.24, 2.45) is 0 Å². The van der Waals surface area contributed by atoms with E-state index in [1.54, 1.807) is 18.2 Å². The molecule has 0 radical (unpaired) electrons. The van der Waals surface area contributed by atoms with Crippen LogP contribution in [0, 0.1) is 6.92 Å². The summed E-state index contributed by atoms with van der Waals surface area (Å²) < 4.78 is 30.3. The average molecular weight is 337 g/mol. The zero-order valence-corrected chi connectivity index (χ0v) is 14.3. The topological polar surface area (TPSA) is 88.6 Å². The minimum atomic E-state index is -3.55. The predicted molar refractivity (Wildman–Crippen MR) is 87.9 cm³/mol. The van der Waals surface area contributed by atoms with Crippen LogP contribution in [0.2, 0.25) is 0 Å². The van der Waals surface area contributed by atoms with Gasteiger partial charge >= 0.3 is 5.97 Å². The van der Waals surface area contributed by atoms with E-state index in [1.165, 1.54) is 27.3 Å². The van der Waals surface area contributed by atoms with Gasteiger partial charge in [-0.25, -0.2) is 12.7 Å². The van der Waals surface area contributed by atoms with E-state index in [4.69, 9.17) is 0 Å². The summed E-state index contributed by atoms with van der Waals surface area (Å²) in [4.78, 5) is 15.9. The first kappa shape index (κ1) is 17.2. The van der Waals surface area contributed by atoms with Crippen LogP contribution in [0.3, 0.4) is 0 Å². The van der Waals surface area contributed by atoms with Crippen molar-refractivity contribution in [2.75, 3.05) is 33.1 Å². The molecule has 124 valence electrons. The molecule has 0 aliphatic heterocycles. The van der Waals surface area contributed by atoms with Crippen molar-refractivity contribution in [1.82, 2.24) is 9.29 Å². The van der Waals surface area contributed by atoms with E-state index in [9.17, 15) is 13.2 Å². The van der Waals surface area contributed by atoms with Crippen molar-refractivity contribution in [2.45, 2.75) is 11.8 Å². The highest BCUT2D eigenvalue weighted by Crippen LogP contribution is 2.26. The van der Waals surface area contributed by atoms with Crippen molar-refractivity contribution < 1.29 is 17.9 Å². The highest BCUT2D eigenvalue weighted by Gasteiger charge is 2.18. The molecule has 0 fully saturated rings. The number of hydrogen-bond acceptors (Lipinski definition) is 6. The van der Waals surface area contributed by atoms with Crippen LogP contribution < -0.4 is 5.32 Å². The Morgan fingerprint density at radius 3 is 2.61 bits per heavy atom. The molecule has 0 atom stereocenters. The van der Waals surface area contributed by atoms with Gasteiger partial charge in [0, 0.05) is 30.9 Å². The van der Waals surface area contributed by atoms with Crippen LogP contribution in [0.5, 0.6) is 0 Å². The van der Waals surface area contributed by atoms with Gasteiger partial charge in [0.1, 0.15) is 6.54 Å². The molecule has 8 heteroatoms. The molecule has 0 aliphatic carbocycles. The van der Waals surface area contributed by atoms with E-state index in [0.717, 1.165) is 10.00 Å². The number of sulfonamides is 1. The molecule has 0 saturated carbocycles. The van der Waals surface area contributed by atoms with Gasteiger partial charge in [-0.2, -0.15) is 0 Å². The standard InChI is InChI=1S/C15H19N3O4S/c1-10-7-14(16-9-15(19)22-4)12-8-11(5-6-13(12)17-10)23(20,21)18(2)3/h5-8H,9H2,1-4H3,(H,16,17). The molecule has 2 aromatic rings. The fraction of sp³-hybridized carbons (Fsp3) is 0.333. The molecule has 0 aliphatic rings. The summed E-state index contributed by atoms with van der Waals surface area (Å²) in [6.45, 7) is 1.81. The minimum absolute atomic E-state index is 0.0142. The molecule has 0 spiro atoms. The van der Waals surface area contributed by atoms with E-state index < -0.39 is 16.0 Å². The highest BCUT2D eigenvalue weighted by atomic mass is 32.2. The number of benzene rings is 1. The lowest BCUT2D eigenvalue weighted by molar-refractivity contribution is -0.138. The number of nitrogens with one attached hydrogen (secondary N) is 1. The number of esters is 1. The first-order valence-corrected chi connectivity index (χ1v) is 8.34. The third-order valence-corrected chi connectivity index (χ3v) is 5.15. The first-order chi connectivity index (χ1) is 10.8. The molecule has 23 heavy (non-hydrogen) atoms. The quantitative estimate of drug-likeness (QED) is 0.829. The van der Waals surface area contributed by atoms with Gasteiger partial charge in [-0.1, -0.05) is 0 Å². The zero-order chi connectivity index (χ0) is 17.2. The maximum atomic E-state index is 12.3. The molecule has 0 unspecified atom stereocenters. The molecule has 2 rings (SSSR count). The second kappa shape index (κ2) is 6.51. The Morgan fingerprint density at radius 2 is 2.00 bits per heavy atom. The van der Waals surface area contributed by atoms with Crippen molar-refractivity contribution in [3.05, 3.63) is 30.0 Å². The lowest BCUT2D eigenvalue weighted by atomic mass is 10.1. The van der Waals surface area contributed by atoms with Crippen molar-refractivity contribution in [1.29, 1.82) is 0 Å². The lowest BCUT2D eigenvalue weighted by Gasteiger charge is -2.14. The Hall–Kier alpha value is -2.19. The minimum Gasteiger partial charge on any atom is -0.468 e. The first-order valence-electron chi connectivity index (χ1n) is 6.90. The number of aromatic nitrogens is 1. The molecule has 7 nitrogen and oxygen atoms in total. The van der Waals surface area contributed by atoms with Crippen molar-refractivity contribution >= 4 is 32.6 Å². The van der Waals surface area contributed by atoms with Gasteiger partial charge < -0.3 is 10.1 Å². The number of pyridine rings is 1. The Labute approximate surface area is 135 Å². The normalized spacial score (nSPS) is 11.7. The smallest absolute Gasteiger partial charge is 0.325 e. The van der Waals surface area contributed by atoms with E-state index >= 15 is 0 Å². The molecular weight excluding hydrogens is 318 g/mol. The molecular formula is C15H19N3O4S. The van der Waals surface area contributed by atoms with E-state index in [1.807, 2.05) is 6.92 Å². The Bertz CT molecular complexity index is 847. The summed E-state index contributed by atoms with van der Waals surface area (Å²) in [6, 6.07) is 6.49. The summed E-state index contributed by atoms with van der Waals surface area (Å²) in [5.41, 5.74) is 2.04. The fourth-order valence-electron chi connectivity index (χ4n) is 2.09. The third kappa shape index (κ3) is 3.59. The number of fused-ring (bicyclic) bond motifs is 1. The number of rotatable bonds is 5. The van der Waals surface area contributed by atoms with Crippen LogP contribution in [-0.2, 0) is 19.6 Å². The van der Waals surface area contributed by atoms with E-state index in [0.29, 0.717) is 16.6 Å². The SMILES string of the molecule is COC(=O)CNc1cc(C)nc2ccc(S(=O)(=O)N(C)C)cc12. The molecule has 0 saturated heterocycles. The molecule has 1 heterocycles.